The largest absolute Gasteiger partial charge is 0.444 e. The van der Waals surface area contributed by atoms with Crippen LogP contribution in [-0.2, 0) is 17.7 Å². The Bertz CT molecular complexity index is 525. The highest BCUT2D eigenvalue weighted by molar-refractivity contribution is 6.29. The molecule has 0 radical (unpaired) electrons. The molecule has 0 aromatic carbocycles. The number of rotatable bonds is 1. The normalized spacial score (nSPS) is 18.9. The fourth-order valence-electron chi connectivity index (χ4n) is 2.50. The first-order valence-electron chi connectivity index (χ1n) is 7.40. The summed E-state index contributed by atoms with van der Waals surface area (Å²) in [5.74, 6) is 0.418. The smallest absolute Gasteiger partial charge is 0.410 e. The van der Waals surface area contributed by atoms with E-state index in [1.807, 2.05) is 32.9 Å². The molecule has 2 rings (SSSR count). The fraction of sp³-hybridized carbons (Fsp3) is 0.625. The molecule has 4 nitrogen and oxygen atoms in total. The first kappa shape index (κ1) is 16.1. The molecular formula is C16H23ClN2O2. The average Bonchev–Trinajstić information content (AvgIpc) is 2.55. The highest BCUT2D eigenvalue weighted by atomic mass is 35.5. The summed E-state index contributed by atoms with van der Waals surface area (Å²) in [7, 11) is 0. The standard InChI is InChI=1S/C16H23ClN2O2/c1-5-11-8-12-6-7-14(17)18-13(12)10-19(9-11)15(20)21-16(2,3)4/h6-7,11H,5,8-10H2,1-4H3/t11-/m0/s1. The zero-order valence-corrected chi connectivity index (χ0v) is 13.9. The zero-order valence-electron chi connectivity index (χ0n) is 13.1. The third-order valence-corrected chi connectivity index (χ3v) is 3.80. The van der Waals surface area contributed by atoms with E-state index in [9.17, 15) is 4.79 Å². The van der Waals surface area contributed by atoms with E-state index < -0.39 is 5.60 Å². The van der Waals surface area contributed by atoms with Crippen molar-refractivity contribution in [3.63, 3.8) is 0 Å². The van der Waals surface area contributed by atoms with Crippen molar-refractivity contribution in [2.24, 2.45) is 5.92 Å². The van der Waals surface area contributed by atoms with Gasteiger partial charge in [0.25, 0.3) is 0 Å². The molecule has 2 heterocycles. The third-order valence-electron chi connectivity index (χ3n) is 3.59. The van der Waals surface area contributed by atoms with Gasteiger partial charge in [-0.2, -0.15) is 0 Å². The lowest BCUT2D eigenvalue weighted by Gasteiger charge is -2.28. The summed E-state index contributed by atoms with van der Waals surface area (Å²) in [5.41, 5.74) is 1.57. The van der Waals surface area contributed by atoms with Gasteiger partial charge in [-0.3, -0.25) is 0 Å². The second-order valence-corrected chi connectivity index (χ2v) is 6.97. The van der Waals surface area contributed by atoms with Gasteiger partial charge in [0.2, 0.25) is 0 Å². The fourth-order valence-corrected chi connectivity index (χ4v) is 2.66. The number of carbonyl (C=O) groups is 1. The second kappa shape index (κ2) is 6.22. The molecule has 116 valence electrons. The highest BCUT2D eigenvalue weighted by Gasteiger charge is 2.28. The second-order valence-electron chi connectivity index (χ2n) is 6.58. The minimum absolute atomic E-state index is 0.282. The van der Waals surface area contributed by atoms with Crippen molar-refractivity contribution in [3.8, 4) is 0 Å². The summed E-state index contributed by atoms with van der Waals surface area (Å²) >= 11 is 5.99. The van der Waals surface area contributed by atoms with Gasteiger partial charge in [0.1, 0.15) is 10.8 Å². The Morgan fingerprint density at radius 2 is 2.19 bits per heavy atom. The van der Waals surface area contributed by atoms with E-state index in [0.29, 0.717) is 24.2 Å². The lowest BCUT2D eigenvalue weighted by Crippen LogP contribution is -2.38. The van der Waals surface area contributed by atoms with Gasteiger partial charge in [0.15, 0.2) is 0 Å². The molecule has 1 aliphatic heterocycles. The van der Waals surface area contributed by atoms with Crippen molar-refractivity contribution in [1.29, 1.82) is 0 Å². The molecule has 1 aliphatic rings. The Morgan fingerprint density at radius 1 is 1.48 bits per heavy atom. The minimum atomic E-state index is -0.490. The number of fused-ring (bicyclic) bond motifs is 1. The zero-order chi connectivity index (χ0) is 15.6. The average molecular weight is 311 g/mol. The van der Waals surface area contributed by atoms with Gasteiger partial charge in [-0.15, -0.1) is 0 Å². The Labute approximate surface area is 131 Å². The van der Waals surface area contributed by atoms with E-state index in [4.69, 9.17) is 16.3 Å². The van der Waals surface area contributed by atoms with Crippen LogP contribution in [0.5, 0.6) is 0 Å². The van der Waals surface area contributed by atoms with Crippen LogP contribution in [0.25, 0.3) is 0 Å². The summed E-state index contributed by atoms with van der Waals surface area (Å²) in [6, 6.07) is 3.84. The topological polar surface area (TPSA) is 42.4 Å². The van der Waals surface area contributed by atoms with E-state index in [1.54, 1.807) is 4.90 Å². The van der Waals surface area contributed by atoms with Crippen molar-refractivity contribution >= 4 is 17.7 Å². The number of carbonyl (C=O) groups excluding carboxylic acids is 1. The van der Waals surface area contributed by atoms with Crippen molar-refractivity contribution in [1.82, 2.24) is 9.88 Å². The lowest BCUT2D eigenvalue weighted by molar-refractivity contribution is 0.0207. The van der Waals surface area contributed by atoms with Crippen LogP contribution in [0.15, 0.2) is 12.1 Å². The molecule has 0 saturated carbocycles. The molecule has 0 saturated heterocycles. The SMILES string of the molecule is CC[C@H]1Cc2ccc(Cl)nc2CN(C(=O)OC(C)(C)C)C1. The molecule has 21 heavy (non-hydrogen) atoms. The van der Waals surface area contributed by atoms with Gasteiger partial charge in [0, 0.05) is 6.54 Å². The van der Waals surface area contributed by atoms with Gasteiger partial charge in [-0.25, -0.2) is 9.78 Å². The molecule has 1 aromatic rings. The number of amides is 1. The predicted molar refractivity (Wildman–Crippen MR) is 83.4 cm³/mol. The number of ether oxygens (including phenoxy) is 1. The maximum atomic E-state index is 12.4. The number of aromatic nitrogens is 1. The van der Waals surface area contributed by atoms with Crippen LogP contribution in [0, 0.1) is 5.92 Å². The Balaban J connectivity index is 2.25. The molecule has 1 aromatic heterocycles. The van der Waals surface area contributed by atoms with E-state index in [2.05, 4.69) is 11.9 Å². The molecule has 5 heteroatoms. The Hall–Kier alpha value is -1.29. The van der Waals surface area contributed by atoms with Crippen LogP contribution in [0.3, 0.4) is 0 Å². The Kier molecular flexibility index (Phi) is 4.77. The molecule has 0 aliphatic carbocycles. The molecule has 0 spiro atoms. The number of pyridine rings is 1. The van der Waals surface area contributed by atoms with Crippen LogP contribution in [0.1, 0.15) is 45.4 Å². The maximum Gasteiger partial charge on any atom is 0.410 e. The van der Waals surface area contributed by atoms with Crippen molar-refractivity contribution in [2.75, 3.05) is 6.54 Å². The van der Waals surface area contributed by atoms with Crippen LogP contribution >= 0.6 is 11.6 Å². The quantitative estimate of drug-likeness (QED) is 0.735. The van der Waals surface area contributed by atoms with Crippen LogP contribution in [-0.4, -0.2) is 28.1 Å². The first-order chi connectivity index (χ1) is 9.78. The van der Waals surface area contributed by atoms with Crippen molar-refractivity contribution in [3.05, 3.63) is 28.5 Å². The number of hydrogen-bond acceptors (Lipinski definition) is 3. The Morgan fingerprint density at radius 3 is 2.81 bits per heavy atom. The van der Waals surface area contributed by atoms with Gasteiger partial charge in [-0.05, 0) is 44.7 Å². The maximum absolute atomic E-state index is 12.4. The number of halogens is 1. The summed E-state index contributed by atoms with van der Waals surface area (Å²) in [6.07, 6.45) is 1.66. The van der Waals surface area contributed by atoms with E-state index in [0.717, 1.165) is 18.5 Å². The van der Waals surface area contributed by atoms with Gasteiger partial charge in [-0.1, -0.05) is 31.0 Å². The van der Waals surface area contributed by atoms with E-state index >= 15 is 0 Å². The van der Waals surface area contributed by atoms with Gasteiger partial charge < -0.3 is 9.64 Å². The molecule has 0 N–H and O–H groups in total. The molecule has 1 amide bonds. The lowest BCUT2D eigenvalue weighted by atomic mass is 9.97. The van der Waals surface area contributed by atoms with Crippen LogP contribution in [0.4, 0.5) is 4.79 Å². The number of hydrogen-bond donors (Lipinski definition) is 0. The van der Waals surface area contributed by atoms with Crippen molar-refractivity contribution in [2.45, 2.75) is 52.7 Å². The predicted octanol–water partition coefficient (Wildman–Crippen LogP) is 4.05. The molecule has 0 unspecified atom stereocenters. The van der Waals surface area contributed by atoms with Gasteiger partial charge >= 0.3 is 6.09 Å². The van der Waals surface area contributed by atoms with E-state index in [1.165, 1.54) is 5.56 Å². The number of nitrogens with zero attached hydrogens (tertiary/aromatic N) is 2. The van der Waals surface area contributed by atoms with Crippen LogP contribution in [0.2, 0.25) is 5.15 Å². The van der Waals surface area contributed by atoms with Crippen molar-refractivity contribution < 1.29 is 9.53 Å². The summed E-state index contributed by atoms with van der Waals surface area (Å²) < 4.78 is 5.50. The molecule has 0 fully saturated rings. The monoisotopic (exact) mass is 310 g/mol. The minimum Gasteiger partial charge on any atom is -0.444 e. The first-order valence-corrected chi connectivity index (χ1v) is 7.78. The van der Waals surface area contributed by atoms with E-state index in [-0.39, 0.29) is 6.09 Å². The molecular weight excluding hydrogens is 288 g/mol. The summed E-state index contributed by atoms with van der Waals surface area (Å²) in [4.78, 5) is 18.5. The summed E-state index contributed by atoms with van der Waals surface area (Å²) in [5, 5.41) is 0.466. The molecule has 0 bridgehead atoms. The molecule has 1 atom stereocenters. The van der Waals surface area contributed by atoms with Gasteiger partial charge in [0.05, 0.1) is 12.2 Å². The summed E-state index contributed by atoms with van der Waals surface area (Å²) in [6.45, 7) is 8.93. The van der Waals surface area contributed by atoms with Crippen LogP contribution < -0.4 is 0 Å². The highest BCUT2D eigenvalue weighted by Crippen LogP contribution is 2.25. The third kappa shape index (κ3) is 4.34.